The summed E-state index contributed by atoms with van der Waals surface area (Å²) in [4.78, 5) is 13.5. The van der Waals surface area contributed by atoms with Gasteiger partial charge < -0.3 is 15.4 Å². The zero-order valence-electron chi connectivity index (χ0n) is 20.7. The number of sulfonamides is 1. The number of pyridine rings is 1. The maximum absolute atomic E-state index is 13.0. The van der Waals surface area contributed by atoms with E-state index in [0.717, 1.165) is 25.9 Å². The number of benzene rings is 2. The topological polar surface area (TPSA) is 118 Å². The van der Waals surface area contributed by atoms with Gasteiger partial charge in [0.2, 0.25) is 11.8 Å². The molecule has 1 saturated heterocycles. The number of aromatic nitrogens is 3. The fourth-order valence-electron chi connectivity index (χ4n) is 4.21. The second kappa shape index (κ2) is 11.3. The van der Waals surface area contributed by atoms with Crippen molar-refractivity contribution >= 4 is 33.3 Å². The monoisotopic (exact) mass is 550 g/mol. The summed E-state index contributed by atoms with van der Waals surface area (Å²) >= 11 is 6.12. The van der Waals surface area contributed by atoms with Crippen molar-refractivity contribution in [1.29, 1.82) is 0 Å². The maximum Gasteiger partial charge on any atom is 0.263 e. The second-order valence-electron chi connectivity index (χ2n) is 8.88. The van der Waals surface area contributed by atoms with Gasteiger partial charge in [-0.3, -0.25) is 4.72 Å². The molecule has 1 fully saturated rings. The van der Waals surface area contributed by atoms with E-state index in [1.54, 1.807) is 55.7 Å². The van der Waals surface area contributed by atoms with Gasteiger partial charge in [-0.2, -0.15) is 0 Å². The van der Waals surface area contributed by atoms with E-state index in [9.17, 15) is 8.42 Å². The molecule has 9 nitrogen and oxygen atoms in total. The van der Waals surface area contributed by atoms with E-state index in [-0.39, 0.29) is 16.0 Å². The smallest absolute Gasteiger partial charge is 0.263 e. The highest BCUT2D eigenvalue weighted by atomic mass is 35.5. The first-order valence-corrected chi connectivity index (χ1v) is 14.1. The fourth-order valence-corrected chi connectivity index (χ4v) is 5.85. The minimum Gasteiger partial charge on any atom is -0.438 e. The number of ether oxygens (including phenoxy) is 1. The first-order chi connectivity index (χ1) is 18.4. The van der Waals surface area contributed by atoms with Gasteiger partial charge in [-0.15, -0.1) is 0 Å². The zero-order valence-corrected chi connectivity index (χ0v) is 22.3. The van der Waals surface area contributed by atoms with Crippen LogP contribution in [-0.4, -0.2) is 42.5 Å². The number of hydrogen-bond acceptors (Lipinski definition) is 8. The van der Waals surface area contributed by atoms with Crippen molar-refractivity contribution in [2.45, 2.75) is 30.7 Å². The predicted molar refractivity (Wildman–Crippen MR) is 148 cm³/mol. The molecule has 3 heterocycles. The Bertz CT molecular complexity index is 1540. The van der Waals surface area contributed by atoms with Gasteiger partial charge >= 0.3 is 0 Å². The average molecular weight is 551 g/mol. The van der Waals surface area contributed by atoms with Crippen LogP contribution in [0.4, 0.5) is 11.6 Å². The minimum atomic E-state index is -3.91. The molecule has 0 saturated carbocycles. The van der Waals surface area contributed by atoms with E-state index in [2.05, 4.69) is 25.3 Å². The number of rotatable bonds is 8. The number of anilines is 2. The van der Waals surface area contributed by atoms with Crippen molar-refractivity contribution in [1.82, 2.24) is 20.3 Å². The third-order valence-corrected chi connectivity index (χ3v) is 8.06. The molecular weight excluding hydrogens is 524 g/mol. The summed E-state index contributed by atoms with van der Waals surface area (Å²) in [6.45, 7) is 3.66. The standard InChI is InChI=1S/C27H27ClN6O3S/c1-18-22(34-38(35,36)25-12-3-2-9-21(25)28)10-4-11-24(18)37-26-20(8-6-15-30-26)23-13-16-31-27(33-23)32-19-7-5-14-29-17-19/h2-4,6,8-13,15-16,19,29,34H,5,7,14,17H2,1H3,(H,31,32,33). The fraction of sp³-hybridized carbons (Fsp3) is 0.222. The van der Waals surface area contributed by atoms with E-state index in [1.165, 1.54) is 12.1 Å². The Hall–Kier alpha value is -3.73. The van der Waals surface area contributed by atoms with Gasteiger partial charge in [0.25, 0.3) is 10.0 Å². The molecule has 11 heteroatoms. The third-order valence-electron chi connectivity index (χ3n) is 6.19. The van der Waals surface area contributed by atoms with Crippen molar-refractivity contribution in [2.24, 2.45) is 0 Å². The summed E-state index contributed by atoms with van der Waals surface area (Å²) in [7, 11) is -3.91. The van der Waals surface area contributed by atoms with Crippen LogP contribution in [0.25, 0.3) is 11.3 Å². The summed E-state index contributed by atoms with van der Waals surface area (Å²) < 4.78 is 34.8. The number of hydrogen-bond donors (Lipinski definition) is 3. The van der Waals surface area contributed by atoms with Crippen LogP contribution in [0.3, 0.4) is 0 Å². The van der Waals surface area contributed by atoms with Gasteiger partial charge in [0.1, 0.15) is 10.6 Å². The Kier molecular flexibility index (Phi) is 7.73. The Balaban J connectivity index is 1.40. The summed E-state index contributed by atoms with van der Waals surface area (Å²) in [5, 5.41) is 6.91. The summed E-state index contributed by atoms with van der Waals surface area (Å²) in [6.07, 6.45) is 5.49. The van der Waals surface area contributed by atoms with Crippen molar-refractivity contribution in [2.75, 3.05) is 23.1 Å². The van der Waals surface area contributed by atoms with Gasteiger partial charge in [0.15, 0.2) is 0 Å². The molecule has 3 N–H and O–H groups in total. The lowest BCUT2D eigenvalue weighted by Crippen LogP contribution is -2.38. The molecule has 38 heavy (non-hydrogen) atoms. The first kappa shape index (κ1) is 25.9. The van der Waals surface area contributed by atoms with Crippen LogP contribution >= 0.6 is 11.6 Å². The van der Waals surface area contributed by atoms with Crippen LogP contribution in [0.1, 0.15) is 18.4 Å². The molecule has 196 valence electrons. The van der Waals surface area contributed by atoms with Gasteiger partial charge in [0, 0.05) is 30.5 Å². The summed E-state index contributed by atoms with van der Waals surface area (Å²) in [5.41, 5.74) is 2.30. The van der Waals surface area contributed by atoms with Gasteiger partial charge in [-0.25, -0.2) is 23.4 Å². The molecule has 0 radical (unpaired) electrons. The van der Waals surface area contributed by atoms with Gasteiger partial charge in [-0.1, -0.05) is 29.8 Å². The Morgan fingerprint density at radius 3 is 2.71 bits per heavy atom. The molecular formula is C27H27ClN6O3S. The number of nitrogens with zero attached hydrogens (tertiary/aromatic N) is 3. The van der Waals surface area contributed by atoms with Gasteiger partial charge in [-0.05, 0) is 68.8 Å². The van der Waals surface area contributed by atoms with Crippen molar-refractivity contribution in [3.05, 3.63) is 83.6 Å². The van der Waals surface area contributed by atoms with Crippen LogP contribution in [0, 0.1) is 6.92 Å². The van der Waals surface area contributed by atoms with Crippen molar-refractivity contribution < 1.29 is 13.2 Å². The summed E-state index contributed by atoms with van der Waals surface area (Å²) in [5.74, 6) is 1.33. The first-order valence-electron chi connectivity index (χ1n) is 12.2. The Labute approximate surface area is 226 Å². The highest BCUT2D eigenvalue weighted by Gasteiger charge is 2.20. The minimum absolute atomic E-state index is 0.00316. The molecule has 5 rings (SSSR count). The molecule has 0 aliphatic carbocycles. The normalized spacial score (nSPS) is 15.6. The predicted octanol–water partition coefficient (Wildman–Crippen LogP) is 5.26. The molecule has 0 spiro atoms. The molecule has 4 aromatic rings. The largest absolute Gasteiger partial charge is 0.438 e. The number of nitrogens with one attached hydrogen (secondary N) is 3. The molecule has 1 aliphatic heterocycles. The van der Waals surface area contributed by atoms with Crippen molar-refractivity contribution in [3.8, 4) is 22.9 Å². The van der Waals surface area contributed by atoms with E-state index in [0.29, 0.717) is 40.1 Å². The Morgan fingerprint density at radius 2 is 1.89 bits per heavy atom. The molecule has 1 atom stereocenters. The van der Waals surface area contributed by atoms with E-state index >= 15 is 0 Å². The molecule has 0 bridgehead atoms. The molecule has 1 unspecified atom stereocenters. The summed E-state index contributed by atoms with van der Waals surface area (Å²) in [6, 6.07) is 17.2. The highest BCUT2D eigenvalue weighted by molar-refractivity contribution is 7.92. The third kappa shape index (κ3) is 5.88. The van der Waals surface area contributed by atoms with Crippen molar-refractivity contribution in [3.63, 3.8) is 0 Å². The van der Waals surface area contributed by atoms with Crippen LogP contribution in [0.15, 0.2) is 78.0 Å². The van der Waals surface area contributed by atoms with Crippen LogP contribution in [0.5, 0.6) is 11.6 Å². The molecule has 2 aromatic carbocycles. The SMILES string of the molecule is Cc1c(NS(=O)(=O)c2ccccc2Cl)cccc1Oc1ncccc1-c1ccnc(NC2CCCNC2)n1. The quantitative estimate of drug-likeness (QED) is 0.272. The Morgan fingerprint density at radius 1 is 1.03 bits per heavy atom. The zero-order chi connectivity index (χ0) is 26.5. The molecule has 2 aromatic heterocycles. The van der Waals surface area contributed by atoms with E-state index in [4.69, 9.17) is 21.3 Å². The van der Waals surface area contributed by atoms with E-state index < -0.39 is 10.0 Å². The second-order valence-corrected chi connectivity index (χ2v) is 10.9. The van der Waals surface area contributed by atoms with Crippen LogP contribution in [-0.2, 0) is 10.0 Å². The maximum atomic E-state index is 13.0. The highest BCUT2D eigenvalue weighted by Crippen LogP contribution is 2.35. The van der Waals surface area contributed by atoms with E-state index in [1.807, 2.05) is 12.1 Å². The lowest BCUT2D eigenvalue weighted by atomic mass is 10.1. The number of halogens is 1. The average Bonchev–Trinajstić information content (AvgIpc) is 2.92. The number of piperidine rings is 1. The van der Waals surface area contributed by atoms with Crippen LogP contribution < -0.4 is 20.1 Å². The molecule has 1 aliphatic rings. The lowest BCUT2D eigenvalue weighted by molar-refractivity contribution is 0.461. The van der Waals surface area contributed by atoms with Crippen LogP contribution in [0.2, 0.25) is 5.02 Å². The molecule has 0 amide bonds. The lowest BCUT2D eigenvalue weighted by Gasteiger charge is -2.23. The van der Waals surface area contributed by atoms with Gasteiger partial charge in [0.05, 0.1) is 22.0 Å².